The zero-order valence-corrected chi connectivity index (χ0v) is 14.4. The Hall–Kier alpha value is -0.990. The van der Waals surface area contributed by atoms with E-state index in [0.29, 0.717) is 4.47 Å². The van der Waals surface area contributed by atoms with Gasteiger partial charge >= 0.3 is 0 Å². The third-order valence-electron chi connectivity index (χ3n) is 2.78. The Labute approximate surface area is 137 Å². The number of sulfone groups is 1. The Kier molecular flexibility index (Phi) is 4.69. The predicted octanol–water partition coefficient (Wildman–Crippen LogP) is 4.05. The maximum Gasteiger partial charge on any atom is 0.184 e. The lowest BCUT2D eigenvalue weighted by Gasteiger charge is -2.10. The number of rotatable bonds is 3. The number of halogens is 4. The smallest absolute Gasteiger partial charge is 0.184 e. The Balaban J connectivity index is 2.53. The highest BCUT2D eigenvalue weighted by Gasteiger charge is 2.24. The van der Waals surface area contributed by atoms with Gasteiger partial charge in [-0.15, -0.1) is 0 Å². The first-order chi connectivity index (χ1) is 9.72. The van der Waals surface area contributed by atoms with E-state index in [0.717, 1.165) is 6.07 Å². The average molecular weight is 441 g/mol. The molecule has 0 saturated heterocycles. The Morgan fingerprint density at radius 2 is 1.76 bits per heavy atom. The molecule has 2 aromatic carbocycles. The SMILES string of the molecule is Nc1ccc(Br)cc1S(=O)(=O)Cc1c(F)ccc(Br)c1F. The van der Waals surface area contributed by atoms with Crippen LogP contribution in [0.25, 0.3) is 0 Å². The van der Waals surface area contributed by atoms with Crippen LogP contribution in [0.4, 0.5) is 14.5 Å². The molecule has 0 radical (unpaired) electrons. The molecule has 8 heteroatoms. The summed E-state index contributed by atoms with van der Waals surface area (Å²) in [5.74, 6) is -2.68. The van der Waals surface area contributed by atoms with E-state index in [9.17, 15) is 17.2 Å². The van der Waals surface area contributed by atoms with Crippen molar-refractivity contribution >= 4 is 47.4 Å². The second kappa shape index (κ2) is 6.02. The standard InChI is InChI=1S/C13H9Br2F2NO2S/c14-7-1-4-11(18)12(5-7)21(19,20)6-8-10(16)3-2-9(15)13(8)17/h1-5H,6,18H2. The summed E-state index contributed by atoms with van der Waals surface area (Å²) < 4.78 is 52.8. The van der Waals surface area contributed by atoms with Gasteiger partial charge in [-0.3, -0.25) is 0 Å². The Bertz CT molecular complexity index is 810. The van der Waals surface area contributed by atoms with Crippen molar-refractivity contribution in [2.45, 2.75) is 10.6 Å². The van der Waals surface area contributed by atoms with Crippen LogP contribution in [0.2, 0.25) is 0 Å². The van der Waals surface area contributed by atoms with Gasteiger partial charge in [0.25, 0.3) is 0 Å². The van der Waals surface area contributed by atoms with Crippen LogP contribution in [-0.2, 0) is 15.6 Å². The zero-order chi connectivity index (χ0) is 15.8. The number of benzene rings is 2. The molecule has 0 bridgehead atoms. The molecule has 0 unspecified atom stereocenters. The maximum atomic E-state index is 13.9. The summed E-state index contributed by atoms with van der Waals surface area (Å²) in [4.78, 5) is -0.171. The normalized spacial score (nSPS) is 11.6. The first-order valence-electron chi connectivity index (χ1n) is 5.62. The van der Waals surface area contributed by atoms with Crippen LogP contribution in [0.3, 0.4) is 0 Å². The molecule has 0 aliphatic rings. The van der Waals surface area contributed by atoms with Gasteiger partial charge in [0.15, 0.2) is 9.84 Å². The lowest BCUT2D eigenvalue weighted by Crippen LogP contribution is -2.11. The van der Waals surface area contributed by atoms with Crippen molar-refractivity contribution in [2.75, 3.05) is 5.73 Å². The zero-order valence-electron chi connectivity index (χ0n) is 10.4. The molecule has 0 aliphatic heterocycles. The largest absolute Gasteiger partial charge is 0.398 e. The van der Waals surface area contributed by atoms with E-state index in [-0.39, 0.29) is 15.1 Å². The lowest BCUT2D eigenvalue weighted by atomic mass is 10.2. The highest BCUT2D eigenvalue weighted by atomic mass is 79.9. The van der Waals surface area contributed by atoms with Gasteiger partial charge in [0.2, 0.25) is 0 Å². The van der Waals surface area contributed by atoms with Gasteiger partial charge in [-0.05, 0) is 46.3 Å². The van der Waals surface area contributed by atoms with Crippen molar-refractivity contribution in [3.05, 3.63) is 56.5 Å². The van der Waals surface area contributed by atoms with Crippen molar-refractivity contribution < 1.29 is 17.2 Å². The minimum atomic E-state index is -3.98. The van der Waals surface area contributed by atoms with Crippen LogP contribution in [0.15, 0.2) is 44.2 Å². The molecular formula is C13H9Br2F2NO2S. The van der Waals surface area contributed by atoms with Gasteiger partial charge in [0, 0.05) is 10.0 Å². The molecule has 2 aromatic rings. The molecule has 0 amide bonds. The molecule has 0 heterocycles. The van der Waals surface area contributed by atoms with Crippen molar-refractivity contribution in [3.63, 3.8) is 0 Å². The first kappa shape index (κ1) is 16.4. The fourth-order valence-electron chi connectivity index (χ4n) is 1.75. The van der Waals surface area contributed by atoms with Gasteiger partial charge in [0.05, 0.1) is 20.8 Å². The van der Waals surface area contributed by atoms with Crippen LogP contribution in [0, 0.1) is 11.6 Å². The van der Waals surface area contributed by atoms with Crippen LogP contribution >= 0.6 is 31.9 Å². The fourth-order valence-corrected chi connectivity index (χ4v) is 4.16. The van der Waals surface area contributed by atoms with E-state index in [4.69, 9.17) is 5.73 Å². The molecule has 0 aromatic heterocycles. The molecule has 2 rings (SSSR count). The first-order valence-corrected chi connectivity index (χ1v) is 8.86. The van der Waals surface area contributed by atoms with E-state index in [2.05, 4.69) is 31.9 Å². The minimum Gasteiger partial charge on any atom is -0.398 e. The highest BCUT2D eigenvalue weighted by molar-refractivity contribution is 9.10. The van der Waals surface area contributed by atoms with Gasteiger partial charge in [0.1, 0.15) is 11.6 Å². The third-order valence-corrected chi connectivity index (χ3v) is 5.58. The summed E-state index contributed by atoms with van der Waals surface area (Å²) in [5, 5.41) is 0. The molecule has 0 aliphatic carbocycles. The Morgan fingerprint density at radius 3 is 2.43 bits per heavy atom. The molecule has 21 heavy (non-hydrogen) atoms. The minimum absolute atomic E-state index is 0.00341. The average Bonchev–Trinajstić information content (AvgIpc) is 2.42. The molecule has 0 spiro atoms. The van der Waals surface area contributed by atoms with Crippen molar-refractivity contribution in [1.82, 2.24) is 0 Å². The number of anilines is 1. The molecule has 3 nitrogen and oxygen atoms in total. The summed E-state index contributed by atoms with van der Waals surface area (Å²) in [7, 11) is -3.98. The predicted molar refractivity (Wildman–Crippen MR) is 83.5 cm³/mol. The number of nitrogen functional groups attached to an aromatic ring is 1. The fraction of sp³-hybridized carbons (Fsp3) is 0.0769. The molecular weight excluding hydrogens is 432 g/mol. The van der Waals surface area contributed by atoms with Gasteiger partial charge in [-0.1, -0.05) is 15.9 Å². The summed E-state index contributed by atoms with van der Waals surface area (Å²) in [6.45, 7) is 0. The van der Waals surface area contributed by atoms with Crippen LogP contribution in [0.5, 0.6) is 0 Å². The quantitative estimate of drug-likeness (QED) is 0.578. The summed E-state index contributed by atoms with van der Waals surface area (Å²) in [5.41, 5.74) is 5.14. The van der Waals surface area contributed by atoms with E-state index >= 15 is 0 Å². The van der Waals surface area contributed by atoms with E-state index < -0.39 is 32.8 Å². The highest BCUT2D eigenvalue weighted by Crippen LogP contribution is 2.29. The third kappa shape index (κ3) is 3.44. The van der Waals surface area contributed by atoms with E-state index in [1.807, 2.05) is 0 Å². The molecule has 0 fully saturated rings. The van der Waals surface area contributed by atoms with Gasteiger partial charge in [-0.2, -0.15) is 0 Å². The summed E-state index contributed by atoms with van der Waals surface area (Å²) >= 11 is 6.04. The molecule has 0 atom stereocenters. The van der Waals surface area contributed by atoms with E-state index in [1.165, 1.54) is 18.2 Å². The van der Waals surface area contributed by atoms with Crippen molar-refractivity contribution in [1.29, 1.82) is 0 Å². The van der Waals surface area contributed by atoms with Gasteiger partial charge in [-0.25, -0.2) is 17.2 Å². The maximum absolute atomic E-state index is 13.9. The second-order valence-corrected chi connectivity index (χ2v) is 7.99. The molecule has 0 saturated carbocycles. The van der Waals surface area contributed by atoms with Crippen molar-refractivity contribution in [3.8, 4) is 0 Å². The summed E-state index contributed by atoms with van der Waals surface area (Å²) in [6, 6.07) is 6.47. The van der Waals surface area contributed by atoms with Crippen LogP contribution in [-0.4, -0.2) is 8.42 Å². The second-order valence-electron chi connectivity index (χ2n) is 4.26. The van der Waals surface area contributed by atoms with Crippen molar-refractivity contribution in [2.24, 2.45) is 0 Å². The topological polar surface area (TPSA) is 60.2 Å². The number of hydrogen-bond acceptors (Lipinski definition) is 3. The number of nitrogens with two attached hydrogens (primary N) is 1. The monoisotopic (exact) mass is 439 g/mol. The number of hydrogen-bond donors (Lipinski definition) is 1. The molecule has 112 valence electrons. The van der Waals surface area contributed by atoms with Crippen LogP contribution < -0.4 is 5.73 Å². The van der Waals surface area contributed by atoms with Gasteiger partial charge < -0.3 is 5.73 Å². The Morgan fingerprint density at radius 1 is 1.10 bits per heavy atom. The lowest BCUT2D eigenvalue weighted by molar-refractivity contribution is 0.552. The van der Waals surface area contributed by atoms with Crippen LogP contribution in [0.1, 0.15) is 5.56 Å². The van der Waals surface area contributed by atoms with E-state index in [1.54, 1.807) is 6.07 Å². The summed E-state index contributed by atoms with van der Waals surface area (Å²) in [6.07, 6.45) is 0. The molecule has 2 N–H and O–H groups in total.